The molecule has 134 valence electrons. The number of aromatic hydroxyl groups is 3. The smallest absolute Gasteiger partial charge is 0.341 e. The third-order valence-corrected chi connectivity index (χ3v) is 4.66. The van der Waals surface area contributed by atoms with E-state index in [2.05, 4.69) is 0 Å². The lowest BCUT2D eigenvalue weighted by Gasteiger charge is -2.16. The highest BCUT2D eigenvalue weighted by Gasteiger charge is 2.23. The Kier molecular flexibility index (Phi) is 3.85. The van der Waals surface area contributed by atoms with Crippen LogP contribution in [0.1, 0.15) is 10.4 Å². The van der Waals surface area contributed by atoms with E-state index in [4.69, 9.17) is 4.74 Å². The molecular weight excluding hydrogens is 344 g/mol. The number of phenols is 3. The van der Waals surface area contributed by atoms with Crippen LogP contribution in [0.4, 0.5) is 0 Å². The molecular formula is C22H16O5. The second-order valence-corrected chi connectivity index (χ2v) is 6.23. The summed E-state index contributed by atoms with van der Waals surface area (Å²) in [6.07, 6.45) is 0. The van der Waals surface area contributed by atoms with E-state index in [0.29, 0.717) is 27.3 Å². The van der Waals surface area contributed by atoms with Crippen LogP contribution >= 0.6 is 0 Å². The van der Waals surface area contributed by atoms with E-state index in [1.807, 2.05) is 18.2 Å². The molecule has 0 unspecified atom stereocenters. The van der Waals surface area contributed by atoms with Gasteiger partial charge in [-0.1, -0.05) is 36.4 Å². The zero-order valence-electron chi connectivity index (χ0n) is 14.4. The van der Waals surface area contributed by atoms with Crippen LogP contribution in [0.25, 0.3) is 32.7 Å². The number of esters is 1. The summed E-state index contributed by atoms with van der Waals surface area (Å²) in [6.45, 7) is 0. The van der Waals surface area contributed by atoms with Crippen molar-refractivity contribution in [1.29, 1.82) is 0 Å². The standard InChI is InChI=1S/C22H16O5/c1-27-22(26)17-10-13-4-2-3-5-15(13)20(21(17)25)19-16-11-14(23)8-6-12(16)7-9-18(19)24/h2-11,23-25H,1H3. The Balaban J connectivity index is 2.21. The SMILES string of the molecule is COC(=O)c1cc2ccccc2c(-c2c(O)ccc3ccc(O)cc23)c1O. The first-order valence-corrected chi connectivity index (χ1v) is 8.29. The van der Waals surface area contributed by atoms with Crippen LogP contribution in [0.2, 0.25) is 0 Å². The topological polar surface area (TPSA) is 87.0 Å². The molecule has 5 heteroatoms. The molecule has 0 bridgehead atoms. The number of methoxy groups -OCH3 is 1. The number of carbonyl (C=O) groups is 1. The molecule has 0 aliphatic carbocycles. The van der Waals surface area contributed by atoms with Gasteiger partial charge in [0.1, 0.15) is 22.8 Å². The van der Waals surface area contributed by atoms with Gasteiger partial charge in [0.05, 0.1) is 7.11 Å². The largest absolute Gasteiger partial charge is 0.508 e. The van der Waals surface area contributed by atoms with Crippen LogP contribution in [0.3, 0.4) is 0 Å². The zero-order valence-corrected chi connectivity index (χ0v) is 14.4. The van der Waals surface area contributed by atoms with Gasteiger partial charge in [-0.2, -0.15) is 0 Å². The maximum atomic E-state index is 12.2. The molecule has 0 aliphatic heterocycles. The maximum absolute atomic E-state index is 12.2. The molecule has 0 aliphatic rings. The van der Waals surface area contributed by atoms with Crippen LogP contribution in [-0.2, 0) is 4.74 Å². The van der Waals surface area contributed by atoms with E-state index in [1.54, 1.807) is 30.3 Å². The Morgan fingerprint density at radius 1 is 0.815 bits per heavy atom. The lowest BCUT2D eigenvalue weighted by Crippen LogP contribution is -2.03. The molecule has 4 aromatic rings. The van der Waals surface area contributed by atoms with E-state index in [9.17, 15) is 20.1 Å². The number of phenolic OH excluding ortho intramolecular Hbond substituents is 3. The number of ether oxygens (including phenoxy) is 1. The fraction of sp³-hybridized carbons (Fsp3) is 0.0455. The van der Waals surface area contributed by atoms with Gasteiger partial charge < -0.3 is 20.1 Å². The quantitative estimate of drug-likeness (QED) is 0.456. The minimum absolute atomic E-state index is 0.00255. The van der Waals surface area contributed by atoms with Crippen LogP contribution < -0.4 is 0 Å². The van der Waals surface area contributed by atoms with Gasteiger partial charge in [-0.05, 0) is 45.8 Å². The number of hydrogen-bond acceptors (Lipinski definition) is 5. The summed E-state index contributed by atoms with van der Waals surface area (Å²) >= 11 is 0. The number of hydrogen-bond donors (Lipinski definition) is 3. The first-order chi connectivity index (χ1) is 13.0. The third kappa shape index (κ3) is 2.60. The van der Waals surface area contributed by atoms with Crippen LogP contribution in [-0.4, -0.2) is 28.4 Å². The molecule has 3 N–H and O–H groups in total. The predicted molar refractivity (Wildman–Crippen MR) is 103 cm³/mol. The van der Waals surface area contributed by atoms with Crippen molar-refractivity contribution in [2.24, 2.45) is 0 Å². The highest BCUT2D eigenvalue weighted by molar-refractivity contribution is 6.13. The predicted octanol–water partition coefficient (Wildman–Crippen LogP) is 4.56. The number of benzene rings is 4. The van der Waals surface area contributed by atoms with Gasteiger partial charge in [-0.25, -0.2) is 4.79 Å². The number of fused-ring (bicyclic) bond motifs is 2. The molecule has 0 atom stereocenters. The first-order valence-electron chi connectivity index (χ1n) is 8.29. The van der Waals surface area contributed by atoms with E-state index in [0.717, 1.165) is 5.39 Å². The lowest BCUT2D eigenvalue weighted by atomic mass is 9.90. The molecule has 0 radical (unpaired) electrons. The summed E-state index contributed by atoms with van der Waals surface area (Å²) in [7, 11) is 1.24. The minimum atomic E-state index is -0.679. The lowest BCUT2D eigenvalue weighted by molar-refractivity contribution is 0.0597. The molecule has 0 saturated carbocycles. The van der Waals surface area contributed by atoms with Crippen LogP contribution in [0, 0.1) is 0 Å². The molecule has 0 saturated heterocycles. The Hall–Kier alpha value is -3.73. The van der Waals surface area contributed by atoms with Gasteiger partial charge in [0, 0.05) is 11.1 Å². The number of rotatable bonds is 2. The Morgan fingerprint density at radius 2 is 1.56 bits per heavy atom. The summed E-state index contributed by atoms with van der Waals surface area (Å²) in [5, 5.41) is 34.2. The van der Waals surface area contributed by atoms with E-state index in [-0.39, 0.29) is 22.8 Å². The molecule has 0 aromatic heterocycles. The normalized spacial score (nSPS) is 11.0. The second kappa shape index (κ2) is 6.21. The second-order valence-electron chi connectivity index (χ2n) is 6.23. The van der Waals surface area contributed by atoms with Crippen molar-refractivity contribution in [3.05, 3.63) is 66.2 Å². The van der Waals surface area contributed by atoms with Crippen molar-refractivity contribution >= 4 is 27.5 Å². The molecule has 4 rings (SSSR count). The fourth-order valence-electron chi connectivity index (χ4n) is 3.41. The van der Waals surface area contributed by atoms with Gasteiger partial charge in [0.15, 0.2) is 0 Å². The molecule has 4 aromatic carbocycles. The van der Waals surface area contributed by atoms with Crippen molar-refractivity contribution < 1.29 is 24.9 Å². The van der Waals surface area contributed by atoms with E-state index < -0.39 is 5.97 Å². The Bertz CT molecular complexity index is 1210. The fourth-order valence-corrected chi connectivity index (χ4v) is 3.41. The first kappa shape index (κ1) is 16.7. The number of carbonyl (C=O) groups excluding carboxylic acids is 1. The summed E-state index contributed by atoms with van der Waals surface area (Å²) in [5.41, 5.74) is 0.646. The minimum Gasteiger partial charge on any atom is -0.508 e. The van der Waals surface area contributed by atoms with Gasteiger partial charge in [-0.3, -0.25) is 0 Å². The summed E-state index contributed by atoms with van der Waals surface area (Å²) < 4.78 is 4.79. The van der Waals surface area contributed by atoms with Gasteiger partial charge in [0.25, 0.3) is 0 Å². The highest BCUT2D eigenvalue weighted by Crippen LogP contribution is 2.46. The van der Waals surface area contributed by atoms with E-state index in [1.165, 1.54) is 19.2 Å². The van der Waals surface area contributed by atoms with E-state index >= 15 is 0 Å². The van der Waals surface area contributed by atoms with Crippen LogP contribution in [0.15, 0.2) is 60.7 Å². The van der Waals surface area contributed by atoms with Crippen molar-refractivity contribution in [1.82, 2.24) is 0 Å². The monoisotopic (exact) mass is 360 g/mol. The molecule has 0 amide bonds. The van der Waals surface area contributed by atoms with Crippen molar-refractivity contribution in [3.63, 3.8) is 0 Å². The molecule has 0 heterocycles. The highest BCUT2D eigenvalue weighted by atomic mass is 16.5. The average molecular weight is 360 g/mol. The Morgan fingerprint density at radius 3 is 2.33 bits per heavy atom. The third-order valence-electron chi connectivity index (χ3n) is 4.66. The average Bonchev–Trinajstić information content (AvgIpc) is 2.68. The molecule has 0 fully saturated rings. The van der Waals surface area contributed by atoms with Crippen LogP contribution in [0.5, 0.6) is 17.2 Å². The summed E-state index contributed by atoms with van der Waals surface area (Å²) in [4.78, 5) is 12.2. The molecule has 5 nitrogen and oxygen atoms in total. The van der Waals surface area contributed by atoms with Crippen molar-refractivity contribution in [2.45, 2.75) is 0 Å². The molecule has 27 heavy (non-hydrogen) atoms. The molecule has 0 spiro atoms. The van der Waals surface area contributed by atoms with Crippen molar-refractivity contribution in [2.75, 3.05) is 7.11 Å². The summed E-state index contributed by atoms with van der Waals surface area (Å²) in [5.74, 6) is -1.01. The van der Waals surface area contributed by atoms with Gasteiger partial charge >= 0.3 is 5.97 Å². The summed E-state index contributed by atoms with van der Waals surface area (Å²) in [6, 6.07) is 16.8. The van der Waals surface area contributed by atoms with Crippen molar-refractivity contribution in [3.8, 4) is 28.4 Å². The Labute approximate surface area is 154 Å². The van der Waals surface area contributed by atoms with Gasteiger partial charge in [0.2, 0.25) is 0 Å². The maximum Gasteiger partial charge on any atom is 0.341 e. The van der Waals surface area contributed by atoms with Gasteiger partial charge in [-0.15, -0.1) is 0 Å². The zero-order chi connectivity index (χ0) is 19.1.